The number of barbiturate groups is 1. The Balaban J connectivity index is 1.64. The Hall–Kier alpha value is -4.10. The average Bonchev–Trinajstić information content (AvgIpc) is 2.82. The van der Waals surface area contributed by atoms with Crippen LogP contribution < -0.4 is 19.7 Å². The van der Waals surface area contributed by atoms with Crippen LogP contribution in [0.2, 0.25) is 5.02 Å². The van der Waals surface area contributed by atoms with Crippen LogP contribution in [0.4, 0.5) is 10.5 Å². The number of nitrogens with one attached hydrogen (secondary N) is 1. The van der Waals surface area contributed by atoms with Gasteiger partial charge in [-0.1, -0.05) is 53.6 Å². The van der Waals surface area contributed by atoms with Crippen molar-refractivity contribution >= 4 is 41.2 Å². The molecule has 1 saturated heterocycles. The van der Waals surface area contributed by atoms with Crippen molar-refractivity contribution in [1.29, 1.82) is 0 Å². The second-order valence-corrected chi connectivity index (χ2v) is 8.51. The van der Waals surface area contributed by atoms with Crippen molar-refractivity contribution in [2.75, 3.05) is 12.0 Å². The van der Waals surface area contributed by atoms with Gasteiger partial charge in [0.15, 0.2) is 11.5 Å². The Labute approximate surface area is 207 Å². The lowest BCUT2D eigenvalue weighted by Gasteiger charge is -2.26. The van der Waals surface area contributed by atoms with Crippen LogP contribution in [-0.2, 0) is 16.2 Å². The number of hydrogen-bond acceptors (Lipinski definition) is 5. The first-order valence-corrected chi connectivity index (χ1v) is 11.2. The number of anilines is 1. The number of carbonyl (C=O) groups excluding carboxylic acids is 3. The third kappa shape index (κ3) is 5.20. The fourth-order valence-electron chi connectivity index (χ4n) is 3.63. The molecule has 0 aromatic heterocycles. The second kappa shape index (κ2) is 10.0. The number of carbonyl (C=O) groups is 3. The third-order valence-electron chi connectivity index (χ3n) is 5.43. The zero-order valence-corrected chi connectivity index (χ0v) is 20.2. The number of amides is 4. The van der Waals surface area contributed by atoms with E-state index in [0.717, 1.165) is 21.6 Å². The van der Waals surface area contributed by atoms with E-state index in [2.05, 4.69) is 5.32 Å². The van der Waals surface area contributed by atoms with E-state index in [1.54, 1.807) is 30.3 Å². The normalized spacial score (nSPS) is 14.8. The monoisotopic (exact) mass is 490 g/mol. The number of benzene rings is 3. The zero-order valence-electron chi connectivity index (χ0n) is 19.4. The van der Waals surface area contributed by atoms with Crippen molar-refractivity contribution in [2.45, 2.75) is 20.5 Å². The van der Waals surface area contributed by atoms with Crippen LogP contribution in [-0.4, -0.2) is 25.0 Å². The number of rotatable bonds is 6. The Kier molecular flexibility index (Phi) is 6.89. The molecular weight excluding hydrogens is 468 g/mol. The SMILES string of the molecule is COc1cc(/C=C2\C(=O)NC(=O)N(c3cccc(C)c3)C2=O)cc(Cl)c1OCc1ccc(C)cc1. The van der Waals surface area contributed by atoms with E-state index in [1.165, 1.54) is 13.2 Å². The molecule has 7 nitrogen and oxygen atoms in total. The van der Waals surface area contributed by atoms with Gasteiger partial charge in [0.05, 0.1) is 17.8 Å². The molecule has 0 saturated carbocycles. The molecule has 178 valence electrons. The summed E-state index contributed by atoms with van der Waals surface area (Å²) >= 11 is 6.48. The highest BCUT2D eigenvalue weighted by molar-refractivity contribution is 6.39. The molecule has 1 fully saturated rings. The van der Waals surface area contributed by atoms with E-state index in [1.807, 2.05) is 44.2 Å². The van der Waals surface area contributed by atoms with Crippen molar-refractivity contribution < 1.29 is 23.9 Å². The van der Waals surface area contributed by atoms with E-state index in [0.29, 0.717) is 22.7 Å². The van der Waals surface area contributed by atoms with Crippen molar-refractivity contribution in [2.24, 2.45) is 0 Å². The number of halogens is 1. The summed E-state index contributed by atoms with van der Waals surface area (Å²) in [6, 6.07) is 17.1. The van der Waals surface area contributed by atoms with E-state index in [-0.39, 0.29) is 17.2 Å². The number of hydrogen-bond donors (Lipinski definition) is 1. The van der Waals surface area contributed by atoms with Gasteiger partial charge in [0.2, 0.25) is 0 Å². The molecule has 0 spiro atoms. The molecule has 4 rings (SSSR count). The first kappa shape index (κ1) is 24.0. The summed E-state index contributed by atoms with van der Waals surface area (Å²) in [6.07, 6.45) is 1.37. The maximum Gasteiger partial charge on any atom is 0.335 e. The Morgan fingerprint density at radius 3 is 2.40 bits per heavy atom. The van der Waals surface area contributed by atoms with Gasteiger partial charge in [-0.15, -0.1) is 0 Å². The highest BCUT2D eigenvalue weighted by Gasteiger charge is 2.36. The van der Waals surface area contributed by atoms with Crippen molar-refractivity contribution in [3.63, 3.8) is 0 Å². The highest BCUT2D eigenvalue weighted by Crippen LogP contribution is 2.38. The Bertz CT molecular complexity index is 1350. The number of imide groups is 2. The fraction of sp³-hybridized carbons (Fsp3) is 0.148. The number of ether oxygens (including phenoxy) is 2. The molecule has 0 unspecified atom stereocenters. The van der Waals surface area contributed by atoms with Gasteiger partial charge in [-0.25, -0.2) is 9.69 Å². The number of aryl methyl sites for hydroxylation is 2. The van der Waals surface area contributed by atoms with Gasteiger partial charge in [-0.2, -0.15) is 0 Å². The summed E-state index contributed by atoms with van der Waals surface area (Å²) in [4.78, 5) is 39.0. The minimum Gasteiger partial charge on any atom is -0.493 e. The predicted octanol–water partition coefficient (Wildman–Crippen LogP) is 5.21. The van der Waals surface area contributed by atoms with Gasteiger partial charge in [0, 0.05) is 0 Å². The second-order valence-electron chi connectivity index (χ2n) is 8.11. The first-order chi connectivity index (χ1) is 16.8. The molecule has 3 aromatic carbocycles. The van der Waals surface area contributed by atoms with Gasteiger partial charge >= 0.3 is 6.03 Å². The van der Waals surface area contributed by atoms with Crippen molar-refractivity contribution in [3.05, 3.63) is 93.5 Å². The molecule has 35 heavy (non-hydrogen) atoms. The van der Waals surface area contributed by atoms with E-state index >= 15 is 0 Å². The molecule has 1 N–H and O–H groups in total. The summed E-state index contributed by atoms with van der Waals surface area (Å²) in [5, 5.41) is 2.46. The number of nitrogens with zero attached hydrogens (tertiary/aromatic N) is 1. The Morgan fingerprint density at radius 1 is 0.971 bits per heavy atom. The van der Waals surface area contributed by atoms with Crippen LogP contribution in [0.15, 0.2) is 66.2 Å². The predicted molar refractivity (Wildman–Crippen MR) is 134 cm³/mol. The van der Waals surface area contributed by atoms with Gasteiger partial charge in [-0.3, -0.25) is 14.9 Å². The lowest BCUT2D eigenvalue weighted by molar-refractivity contribution is -0.122. The van der Waals surface area contributed by atoms with Crippen LogP contribution in [0.5, 0.6) is 11.5 Å². The van der Waals surface area contributed by atoms with Crippen molar-refractivity contribution in [1.82, 2.24) is 5.32 Å². The summed E-state index contributed by atoms with van der Waals surface area (Å²) in [5.74, 6) is -0.850. The summed E-state index contributed by atoms with van der Waals surface area (Å²) in [5.41, 5.74) is 3.56. The van der Waals surface area contributed by atoms with Crippen LogP contribution in [0.3, 0.4) is 0 Å². The third-order valence-corrected chi connectivity index (χ3v) is 5.71. The van der Waals surface area contributed by atoms with Gasteiger partial charge in [-0.05, 0) is 60.9 Å². The summed E-state index contributed by atoms with van der Waals surface area (Å²) < 4.78 is 11.3. The quantitative estimate of drug-likeness (QED) is 0.378. The first-order valence-electron chi connectivity index (χ1n) is 10.8. The standard InChI is InChI=1S/C27H23ClN2O5/c1-16-7-9-18(10-8-16)15-35-24-22(28)13-19(14-23(24)34-3)12-21-25(31)29-27(33)30(26(21)32)20-6-4-5-17(2)11-20/h4-14H,15H2,1-3H3,(H,29,31,33)/b21-12+. The van der Waals surface area contributed by atoms with Crippen LogP contribution >= 0.6 is 11.6 Å². The molecule has 0 aliphatic carbocycles. The highest BCUT2D eigenvalue weighted by atomic mass is 35.5. The van der Waals surface area contributed by atoms with Crippen LogP contribution in [0.25, 0.3) is 6.08 Å². The number of methoxy groups -OCH3 is 1. The van der Waals surface area contributed by atoms with Gasteiger partial charge in [0.25, 0.3) is 11.8 Å². The smallest absolute Gasteiger partial charge is 0.335 e. The molecule has 1 aliphatic heterocycles. The fourth-order valence-corrected chi connectivity index (χ4v) is 3.90. The number of urea groups is 1. The lowest BCUT2D eigenvalue weighted by Crippen LogP contribution is -2.54. The summed E-state index contributed by atoms with van der Waals surface area (Å²) in [7, 11) is 1.47. The van der Waals surface area contributed by atoms with E-state index in [4.69, 9.17) is 21.1 Å². The molecule has 3 aromatic rings. The molecule has 1 aliphatic rings. The largest absolute Gasteiger partial charge is 0.493 e. The van der Waals surface area contributed by atoms with Crippen molar-refractivity contribution in [3.8, 4) is 11.5 Å². The molecule has 4 amide bonds. The minimum atomic E-state index is -0.807. The molecule has 8 heteroatoms. The average molecular weight is 491 g/mol. The molecule has 0 bridgehead atoms. The van der Waals surface area contributed by atoms with Gasteiger partial charge in [0.1, 0.15) is 12.2 Å². The molecular formula is C27H23ClN2O5. The molecule has 1 heterocycles. The van der Waals surface area contributed by atoms with E-state index in [9.17, 15) is 14.4 Å². The maximum absolute atomic E-state index is 13.1. The van der Waals surface area contributed by atoms with E-state index < -0.39 is 17.8 Å². The zero-order chi connectivity index (χ0) is 25.1. The maximum atomic E-state index is 13.1. The minimum absolute atomic E-state index is 0.211. The Morgan fingerprint density at radius 2 is 1.71 bits per heavy atom. The summed E-state index contributed by atoms with van der Waals surface area (Å²) in [6.45, 7) is 4.13. The molecule has 0 radical (unpaired) electrons. The lowest BCUT2D eigenvalue weighted by atomic mass is 10.1. The molecule has 0 atom stereocenters. The van der Waals surface area contributed by atoms with Crippen LogP contribution in [0.1, 0.15) is 22.3 Å². The van der Waals surface area contributed by atoms with Crippen LogP contribution in [0, 0.1) is 13.8 Å². The topological polar surface area (TPSA) is 84.9 Å². The van der Waals surface area contributed by atoms with Gasteiger partial charge < -0.3 is 9.47 Å².